The number of hydrogen-bond donors (Lipinski definition) is 5. The highest BCUT2D eigenvalue weighted by Gasteiger charge is 2.26. The molecule has 0 aliphatic rings. The van der Waals surface area contributed by atoms with Crippen molar-refractivity contribution in [3.05, 3.63) is 0 Å². The Balaban J connectivity index is 4.00. The summed E-state index contributed by atoms with van der Waals surface area (Å²) < 4.78 is 0. The molecule has 0 saturated heterocycles. The van der Waals surface area contributed by atoms with Crippen molar-refractivity contribution in [2.24, 2.45) is 5.84 Å². The monoisotopic (exact) mass is 180 g/mol. The van der Waals surface area contributed by atoms with Gasteiger partial charge in [0.25, 0.3) is 0 Å². The largest absolute Gasteiger partial charge is 0.394 e. The Kier molecular flexibility index (Phi) is 5.72. The Labute approximate surface area is 68.7 Å². The lowest BCUT2D eigenvalue weighted by Gasteiger charge is -2.20. The topological polar surface area (TPSA) is 125 Å². The molecule has 0 rings (SSSR count). The summed E-state index contributed by atoms with van der Waals surface area (Å²) in [5, 5.41) is 26.3. The maximum Gasteiger partial charge on any atom is 0.164 e. The van der Waals surface area contributed by atoms with E-state index in [4.69, 9.17) is 21.2 Å². The number of hydrazine groups is 1. The summed E-state index contributed by atoms with van der Waals surface area (Å²) in [4.78, 5) is 14.5. The van der Waals surface area contributed by atoms with E-state index in [0.717, 1.165) is 0 Å². The van der Waals surface area contributed by atoms with Gasteiger partial charge in [-0.3, -0.25) is 4.84 Å². The zero-order valence-electron chi connectivity index (χ0n) is 6.25. The van der Waals surface area contributed by atoms with E-state index < -0.39 is 24.9 Å². The average molecular weight is 180 g/mol. The molecule has 0 heterocycles. The van der Waals surface area contributed by atoms with Crippen molar-refractivity contribution >= 4 is 6.29 Å². The molecular formula is C5H12N2O5. The van der Waals surface area contributed by atoms with E-state index in [-0.39, 0.29) is 6.29 Å². The zero-order chi connectivity index (χ0) is 9.56. The number of hydrogen-bond acceptors (Lipinski definition) is 7. The smallest absolute Gasteiger partial charge is 0.164 e. The standard InChI is InChI=1S/C5H12N2O5/c6-7-12-4(2-9)5(11)3(10)1-8/h2-5,7-8,10-11H,1,6H2/t3-,4+,5+/m1/s1. The SMILES string of the molecule is NNO[C@@H](C=O)[C@@H](O)[C@H](O)CO. The van der Waals surface area contributed by atoms with Crippen LogP contribution in [0.5, 0.6) is 0 Å². The fourth-order valence-corrected chi connectivity index (χ4v) is 0.584. The van der Waals surface area contributed by atoms with Gasteiger partial charge in [-0.2, -0.15) is 0 Å². The lowest BCUT2D eigenvalue weighted by molar-refractivity contribution is -0.148. The van der Waals surface area contributed by atoms with Gasteiger partial charge in [0.15, 0.2) is 12.4 Å². The van der Waals surface area contributed by atoms with Crippen LogP contribution in [0.25, 0.3) is 0 Å². The van der Waals surface area contributed by atoms with Crippen LogP contribution in [-0.2, 0) is 9.63 Å². The van der Waals surface area contributed by atoms with Crippen molar-refractivity contribution in [3.8, 4) is 0 Å². The number of rotatable bonds is 6. The summed E-state index contributed by atoms with van der Waals surface area (Å²) in [6.45, 7) is -0.667. The van der Waals surface area contributed by atoms with Crippen LogP contribution in [0, 0.1) is 0 Å². The van der Waals surface area contributed by atoms with Gasteiger partial charge in [-0.05, 0) is 0 Å². The van der Waals surface area contributed by atoms with Gasteiger partial charge in [-0.1, -0.05) is 0 Å². The van der Waals surface area contributed by atoms with Crippen molar-refractivity contribution in [2.45, 2.75) is 18.3 Å². The Bertz CT molecular complexity index is 133. The van der Waals surface area contributed by atoms with Crippen molar-refractivity contribution < 1.29 is 25.0 Å². The third kappa shape index (κ3) is 3.22. The second kappa shape index (κ2) is 6.00. The number of carbonyl (C=O) groups excluding carboxylic acids is 1. The Morgan fingerprint density at radius 3 is 2.50 bits per heavy atom. The van der Waals surface area contributed by atoms with E-state index in [1.54, 1.807) is 5.59 Å². The van der Waals surface area contributed by atoms with Crippen LogP contribution in [0.15, 0.2) is 0 Å². The third-order valence-electron chi connectivity index (χ3n) is 1.26. The highest BCUT2D eigenvalue weighted by atomic mass is 16.7. The molecule has 0 amide bonds. The molecule has 3 atom stereocenters. The van der Waals surface area contributed by atoms with Gasteiger partial charge in [0.05, 0.1) is 6.61 Å². The molecular weight excluding hydrogens is 168 g/mol. The predicted molar refractivity (Wildman–Crippen MR) is 37.4 cm³/mol. The second-order valence-corrected chi connectivity index (χ2v) is 2.08. The van der Waals surface area contributed by atoms with Crippen LogP contribution in [0.4, 0.5) is 0 Å². The molecule has 0 saturated carbocycles. The van der Waals surface area contributed by atoms with Crippen molar-refractivity contribution in [3.63, 3.8) is 0 Å². The molecule has 0 aromatic carbocycles. The van der Waals surface area contributed by atoms with E-state index in [2.05, 4.69) is 4.84 Å². The van der Waals surface area contributed by atoms with Gasteiger partial charge in [0, 0.05) is 0 Å². The summed E-state index contributed by atoms with van der Waals surface area (Å²) in [5.41, 5.74) is 1.69. The molecule has 7 nitrogen and oxygen atoms in total. The first-order chi connectivity index (χ1) is 5.67. The lowest BCUT2D eigenvalue weighted by Crippen LogP contribution is -2.45. The maximum absolute atomic E-state index is 10.2. The maximum atomic E-state index is 10.2. The highest BCUT2D eigenvalue weighted by Crippen LogP contribution is 2.00. The molecule has 0 bridgehead atoms. The highest BCUT2D eigenvalue weighted by molar-refractivity contribution is 5.57. The summed E-state index contributed by atoms with van der Waals surface area (Å²) in [5.74, 6) is 4.70. The molecule has 0 spiro atoms. The first kappa shape index (κ1) is 11.4. The molecule has 12 heavy (non-hydrogen) atoms. The minimum absolute atomic E-state index is 0.253. The number of aliphatic hydroxyl groups is 3. The summed E-state index contributed by atoms with van der Waals surface area (Å²) >= 11 is 0. The van der Waals surface area contributed by atoms with Crippen LogP contribution < -0.4 is 11.4 Å². The van der Waals surface area contributed by atoms with Crippen LogP contribution in [-0.4, -0.2) is 46.5 Å². The number of aldehydes is 1. The minimum Gasteiger partial charge on any atom is -0.394 e. The molecule has 72 valence electrons. The van der Waals surface area contributed by atoms with Crippen LogP contribution in [0.2, 0.25) is 0 Å². The number of nitrogens with two attached hydrogens (primary N) is 1. The van der Waals surface area contributed by atoms with Crippen LogP contribution >= 0.6 is 0 Å². The number of aliphatic hydroxyl groups excluding tert-OH is 3. The zero-order valence-corrected chi connectivity index (χ0v) is 6.25. The molecule has 7 heteroatoms. The van der Waals surface area contributed by atoms with E-state index in [1.807, 2.05) is 0 Å². The molecule has 0 fully saturated rings. The molecule has 0 aromatic heterocycles. The predicted octanol–water partition coefficient (Wildman–Crippen LogP) is -3.34. The van der Waals surface area contributed by atoms with Crippen LogP contribution in [0.3, 0.4) is 0 Å². The van der Waals surface area contributed by atoms with Gasteiger partial charge < -0.3 is 20.1 Å². The number of nitrogens with one attached hydrogen (secondary N) is 1. The van der Waals surface area contributed by atoms with Crippen molar-refractivity contribution in [1.29, 1.82) is 0 Å². The molecule has 0 aromatic rings. The summed E-state index contributed by atoms with van der Waals surface area (Å²) in [6, 6.07) is 0. The summed E-state index contributed by atoms with van der Waals surface area (Å²) in [7, 11) is 0. The summed E-state index contributed by atoms with van der Waals surface area (Å²) in [6.07, 6.45) is -4.00. The van der Waals surface area contributed by atoms with Gasteiger partial charge in [-0.25, -0.2) is 5.84 Å². The molecule has 6 N–H and O–H groups in total. The Hall–Kier alpha value is -0.570. The van der Waals surface area contributed by atoms with Gasteiger partial charge in [-0.15, -0.1) is 5.59 Å². The van der Waals surface area contributed by atoms with E-state index in [9.17, 15) is 4.79 Å². The van der Waals surface area contributed by atoms with Gasteiger partial charge >= 0.3 is 0 Å². The first-order valence-electron chi connectivity index (χ1n) is 3.21. The first-order valence-corrected chi connectivity index (χ1v) is 3.21. The quantitative estimate of drug-likeness (QED) is 0.164. The molecule has 0 radical (unpaired) electrons. The van der Waals surface area contributed by atoms with Crippen molar-refractivity contribution in [2.75, 3.05) is 6.61 Å². The lowest BCUT2D eigenvalue weighted by atomic mass is 10.1. The average Bonchev–Trinajstić information content (AvgIpc) is 2.11. The molecule has 0 aliphatic carbocycles. The normalized spacial score (nSPS) is 18.3. The minimum atomic E-state index is -1.51. The second-order valence-electron chi connectivity index (χ2n) is 2.08. The van der Waals surface area contributed by atoms with Crippen LogP contribution in [0.1, 0.15) is 0 Å². The van der Waals surface area contributed by atoms with E-state index >= 15 is 0 Å². The van der Waals surface area contributed by atoms with Crippen molar-refractivity contribution in [1.82, 2.24) is 5.59 Å². The molecule has 0 aliphatic heterocycles. The fourth-order valence-electron chi connectivity index (χ4n) is 0.584. The molecule has 0 unspecified atom stereocenters. The van der Waals surface area contributed by atoms with Gasteiger partial charge in [0.2, 0.25) is 0 Å². The van der Waals surface area contributed by atoms with Gasteiger partial charge in [0.1, 0.15) is 12.2 Å². The Morgan fingerprint density at radius 1 is 1.58 bits per heavy atom. The fraction of sp³-hybridized carbons (Fsp3) is 0.800. The van der Waals surface area contributed by atoms with E-state index in [1.165, 1.54) is 0 Å². The third-order valence-corrected chi connectivity index (χ3v) is 1.26. The Morgan fingerprint density at radius 2 is 2.17 bits per heavy atom. The van der Waals surface area contributed by atoms with E-state index in [0.29, 0.717) is 0 Å². The number of carbonyl (C=O) groups is 1.